The fourth-order valence-corrected chi connectivity index (χ4v) is 5.52. The fraction of sp³-hybridized carbons (Fsp3) is 0.484. The first kappa shape index (κ1) is 23.6. The minimum absolute atomic E-state index is 0.194. The zero-order chi connectivity index (χ0) is 22.1. The molecule has 0 spiro atoms. The van der Waals surface area contributed by atoms with Crippen LogP contribution in [0.2, 0.25) is 0 Å². The van der Waals surface area contributed by atoms with E-state index in [0.717, 1.165) is 12.8 Å². The lowest BCUT2D eigenvalue weighted by molar-refractivity contribution is 0.399. The van der Waals surface area contributed by atoms with Crippen molar-refractivity contribution in [3.8, 4) is 11.1 Å². The number of aryl methyl sites for hydroxylation is 2. The van der Waals surface area contributed by atoms with Crippen molar-refractivity contribution in [3.05, 3.63) is 84.0 Å². The molecule has 0 saturated heterocycles. The van der Waals surface area contributed by atoms with Gasteiger partial charge in [-0.05, 0) is 74.6 Å². The van der Waals surface area contributed by atoms with E-state index in [4.69, 9.17) is 0 Å². The lowest BCUT2D eigenvalue weighted by Gasteiger charge is -2.33. The third-order valence-corrected chi connectivity index (χ3v) is 7.20. The van der Waals surface area contributed by atoms with Gasteiger partial charge in [-0.15, -0.1) is 13.2 Å². The third kappa shape index (κ3) is 5.59. The maximum Gasteiger partial charge on any atom is 0.0215 e. The van der Waals surface area contributed by atoms with Crippen LogP contribution in [0, 0.1) is 13.8 Å². The standard InChI is InChI=1S/C31H42/c1-5-7-9-11-13-15-21-31(22-16-14-12-10-8-6-2)29-23-25(3)17-19-27(29)28-20-18-26(4)24-30(28)31/h5-6,17-20,23-24H,1-2,7-16,21-22H2,3-4H3. The van der Waals surface area contributed by atoms with Crippen LogP contribution in [0.5, 0.6) is 0 Å². The number of allylic oxidation sites excluding steroid dienone is 2. The zero-order valence-electron chi connectivity index (χ0n) is 20.0. The molecule has 1 aliphatic rings. The van der Waals surface area contributed by atoms with Crippen molar-refractivity contribution in [3.63, 3.8) is 0 Å². The lowest BCUT2D eigenvalue weighted by Crippen LogP contribution is -2.25. The van der Waals surface area contributed by atoms with Gasteiger partial charge in [-0.2, -0.15) is 0 Å². The van der Waals surface area contributed by atoms with E-state index >= 15 is 0 Å². The summed E-state index contributed by atoms with van der Waals surface area (Å²) in [6, 6.07) is 14.4. The highest BCUT2D eigenvalue weighted by Crippen LogP contribution is 2.54. The molecule has 1 aliphatic carbocycles. The molecule has 0 amide bonds. The van der Waals surface area contributed by atoms with Gasteiger partial charge in [-0.25, -0.2) is 0 Å². The van der Waals surface area contributed by atoms with E-state index in [1.807, 2.05) is 0 Å². The van der Waals surface area contributed by atoms with Crippen LogP contribution in [-0.4, -0.2) is 0 Å². The second kappa shape index (κ2) is 11.5. The molecule has 0 unspecified atom stereocenters. The highest BCUT2D eigenvalue weighted by Gasteiger charge is 2.42. The van der Waals surface area contributed by atoms with Crippen molar-refractivity contribution < 1.29 is 0 Å². The van der Waals surface area contributed by atoms with Crippen molar-refractivity contribution in [2.75, 3.05) is 0 Å². The molecule has 0 nitrogen and oxygen atoms in total. The largest absolute Gasteiger partial charge is 0.103 e. The third-order valence-electron chi connectivity index (χ3n) is 7.20. The maximum absolute atomic E-state index is 3.87. The average Bonchev–Trinajstić information content (AvgIpc) is 3.02. The summed E-state index contributed by atoms with van der Waals surface area (Å²) in [5.74, 6) is 0. The molecule has 0 fully saturated rings. The fourth-order valence-electron chi connectivity index (χ4n) is 5.52. The number of hydrogen-bond acceptors (Lipinski definition) is 0. The molecule has 0 atom stereocenters. The van der Waals surface area contributed by atoms with E-state index in [9.17, 15) is 0 Å². The van der Waals surface area contributed by atoms with Crippen LogP contribution in [-0.2, 0) is 5.41 Å². The summed E-state index contributed by atoms with van der Waals surface area (Å²) in [7, 11) is 0. The Balaban J connectivity index is 1.86. The van der Waals surface area contributed by atoms with Gasteiger partial charge in [0.2, 0.25) is 0 Å². The second-order valence-electron chi connectivity index (χ2n) is 9.66. The van der Waals surface area contributed by atoms with Crippen LogP contribution in [0.15, 0.2) is 61.7 Å². The van der Waals surface area contributed by atoms with E-state index in [1.54, 1.807) is 11.1 Å². The van der Waals surface area contributed by atoms with Crippen molar-refractivity contribution >= 4 is 0 Å². The Kier molecular flexibility index (Phi) is 8.76. The van der Waals surface area contributed by atoms with Gasteiger partial charge in [-0.3, -0.25) is 0 Å². The van der Waals surface area contributed by atoms with E-state index in [0.29, 0.717) is 0 Å². The summed E-state index contributed by atoms with van der Waals surface area (Å²) in [5.41, 5.74) is 9.15. The minimum atomic E-state index is 0.194. The molecule has 3 rings (SSSR count). The molecule has 0 heterocycles. The van der Waals surface area contributed by atoms with Crippen molar-refractivity contribution in [2.24, 2.45) is 0 Å². The van der Waals surface area contributed by atoms with Gasteiger partial charge in [-0.1, -0.05) is 98.2 Å². The first-order chi connectivity index (χ1) is 15.1. The SMILES string of the molecule is C=CCCCCCCC1(CCCCCCC=C)c2cc(C)ccc2-c2ccc(C)cc21. The number of rotatable bonds is 14. The molecule has 31 heavy (non-hydrogen) atoms. The van der Waals surface area contributed by atoms with Crippen LogP contribution in [0.3, 0.4) is 0 Å². The normalized spacial score (nSPS) is 13.6. The summed E-state index contributed by atoms with van der Waals surface area (Å²) in [6.45, 7) is 12.3. The summed E-state index contributed by atoms with van der Waals surface area (Å²) >= 11 is 0. The van der Waals surface area contributed by atoms with Crippen LogP contribution in [0.1, 0.15) is 99.3 Å². The van der Waals surface area contributed by atoms with Gasteiger partial charge in [0.25, 0.3) is 0 Å². The molecular formula is C31H42. The quantitative estimate of drug-likeness (QED) is 0.213. The minimum Gasteiger partial charge on any atom is -0.103 e. The van der Waals surface area contributed by atoms with Crippen LogP contribution in [0.4, 0.5) is 0 Å². The van der Waals surface area contributed by atoms with E-state index in [2.05, 4.69) is 75.6 Å². The van der Waals surface area contributed by atoms with Gasteiger partial charge in [0.1, 0.15) is 0 Å². The number of benzene rings is 2. The molecule has 0 aromatic heterocycles. The number of unbranched alkanes of at least 4 members (excludes halogenated alkanes) is 8. The Hall–Kier alpha value is -2.08. The number of hydrogen-bond donors (Lipinski definition) is 0. The van der Waals surface area contributed by atoms with Crippen molar-refractivity contribution in [2.45, 2.75) is 96.3 Å². The summed E-state index contributed by atoms with van der Waals surface area (Å²) in [4.78, 5) is 0. The predicted octanol–water partition coefficient (Wildman–Crippen LogP) is 9.62. The van der Waals surface area contributed by atoms with Crippen LogP contribution >= 0.6 is 0 Å². The molecule has 0 bridgehead atoms. The Morgan fingerprint density at radius 1 is 0.613 bits per heavy atom. The molecule has 0 saturated carbocycles. The Morgan fingerprint density at radius 3 is 1.45 bits per heavy atom. The molecule has 166 valence electrons. The highest BCUT2D eigenvalue weighted by atomic mass is 14.4. The lowest BCUT2D eigenvalue weighted by atomic mass is 9.70. The molecule has 0 N–H and O–H groups in total. The van der Waals surface area contributed by atoms with Crippen molar-refractivity contribution in [1.82, 2.24) is 0 Å². The van der Waals surface area contributed by atoms with Crippen LogP contribution < -0.4 is 0 Å². The monoisotopic (exact) mass is 414 g/mol. The molecule has 0 heteroatoms. The molecule has 0 radical (unpaired) electrons. The van der Waals surface area contributed by atoms with E-state index in [-0.39, 0.29) is 5.41 Å². The highest BCUT2D eigenvalue weighted by molar-refractivity contribution is 5.81. The summed E-state index contributed by atoms with van der Waals surface area (Å²) in [5, 5.41) is 0. The number of fused-ring (bicyclic) bond motifs is 3. The Labute approximate surface area is 191 Å². The first-order valence-corrected chi connectivity index (χ1v) is 12.6. The Morgan fingerprint density at radius 2 is 1.03 bits per heavy atom. The van der Waals surface area contributed by atoms with Gasteiger partial charge < -0.3 is 0 Å². The van der Waals surface area contributed by atoms with Crippen LogP contribution in [0.25, 0.3) is 11.1 Å². The summed E-state index contributed by atoms with van der Waals surface area (Å²) < 4.78 is 0. The predicted molar refractivity (Wildman–Crippen MR) is 138 cm³/mol. The first-order valence-electron chi connectivity index (χ1n) is 12.6. The van der Waals surface area contributed by atoms with Gasteiger partial charge in [0.05, 0.1) is 0 Å². The Bertz CT molecular complexity index is 796. The van der Waals surface area contributed by atoms with Gasteiger partial charge >= 0.3 is 0 Å². The molecule has 2 aromatic carbocycles. The zero-order valence-corrected chi connectivity index (χ0v) is 20.0. The topological polar surface area (TPSA) is 0 Å². The van der Waals surface area contributed by atoms with Gasteiger partial charge in [0, 0.05) is 5.41 Å². The summed E-state index contributed by atoms with van der Waals surface area (Å²) in [6.07, 6.45) is 19.5. The second-order valence-corrected chi connectivity index (χ2v) is 9.66. The molecule has 2 aromatic rings. The van der Waals surface area contributed by atoms with E-state index in [1.165, 1.54) is 86.5 Å². The van der Waals surface area contributed by atoms with E-state index < -0.39 is 0 Å². The van der Waals surface area contributed by atoms with Gasteiger partial charge in [0.15, 0.2) is 0 Å². The molecular weight excluding hydrogens is 372 g/mol. The molecule has 0 aliphatic heterocycles. The average molecular weight is 415 g/mol. The smallest absolute Gasteiger partial charge is 0.0215 e. The maximum atomic E-state index is 3.87. The van der Waals surface area contributed by atoms with Crippen molar-refractivity contribution in [1.29, 1.82) is 0 Å².